The number of hydrogen-bond donors (Lipinski definition) is 2. The van der Waals surface area contributed by atoms with Crippen LogP contribution in [0.1, 0.15) is 50.2 Å². The highest BCUT2D eigenvalue weighted by Gasteiger charge is 2.47. The van der Waals surface area contributed by atoms with Crippen molar-refractivity contribution in [2.45, 2.75) is 63.5 Å². The van der Waals surface area contributed by atoms with Gasteiger partial charge >= 0.3 is 5.97 Å². The predicted molar refractivity (Wildman–Crippen MR) is 103 cm³/mol. The fourth-order valence-corrected chi connectivity index (χ4v) is 4.30. The first-order valence-electron chi connectivity index (χ1n) is 9.81. The lowest BCUT2D eigenvalue weighted by Crippen LogP contribution is -2.59. The van der Waals surface area contributed by atoms with Crippen LogP contribution in [0.5, 0.6) is 5.75 Å². The number of carbonyl (C=O) groups is 2. The molecule has 0 aliphatic heterocycles. The highest BCUT2D eigenvalue weighted by Crippen LogP contribution is 2.45. The molecule has 2 N–H and O–H groups in total. The summed E-state index contributed by atoms with van der Waals surface area (Å²) >= 11 is 0. The standard InChI is InChI=1S/C21H30N2O4/c1-4-23(13-19(24)25)17-11-16(12-17)22-20(26)21(8-5-9-21)15-7-6-14(2)18(10-15)27-3/h6-7,10,16-17H,4-5,8-9,11-13H2,1-3H3,(H,22,26)(H,24,25). The third-order valence-electron chi connectivity index (χ3n) is 6.31. The van der Waals surface area contributed by atoms with Crippen molar-refractivity contribution in [2.24, 2.45) is 0 Å². The Labute approximate surface area is 160 Å². The quantitative estimate of drug-likeness (QED) is 0.731. The van der Waals surface area contributed by atoms with Crippen LogP contribution in [0, 0.1) is 6.92 Å². The number of aliphatic carboxylic acids is 1. The number of benzene rings is 1. The maximum Gasteiger partial charge on any atom is 0.317 e. The van der Waals surface area contributed by atoms with Crippen LogP contribution in [0.4, 0.5) is 0 Å². The number of likely N-dealkylation sites (N-methyl/N-ethyl adjacent to an activating group) is 1. The van der Waals surface area contributed by atoms with E-state index in [4.69, 9.17) is 9.84 Å². The SMILES string of the molecule is CCN(CC(=O)O)C1CC(NC(=O)C2(c3ccc(C)c(OC)c3)CCC2)C1. The van der Waals surface area contributed by atoms with Gasteiger partial charge in [-0.15, -0.1) is 0 Å². The average molecular weight is 374 g/mol. The van der Waals surface area contributed by atoms with Gasteiger partial charge < -0.3 is 15.2 Å². The van der Waals surface area contributed by atoms with E-state index in [0.29, 0.717) is 6.54 Å². The van der Waals surface area contributed by atoms with E-state index in [2.05, 4.69) is 5.32 Å². The second-order valence-electron chi connectivity index (χ2n) is 7.87. The van der Waals surface area contributed by atoms with Gasteiger partial charge in [-0.1, -0.05) is 25.5 Å². The number of rotatable bonds is 8. The maximum atomic E-state index is 13.1. The molecule has 1 amide bonds. The Morgan fingerprint density at radius 2 is 2.04 bits per heavy atom. The molecule has 0 radical (unpaired) electrons. The van der Waals surface area contributed by atoms with Crippen LogP contribution in [0.3, 0.4) is 0 Å². The van der Waals surface area contributed by atoms with E-state index >= 15 is 0 Å². The second kappa shape index (κ2) is 7.89. The molecule has 2 fully saturated rings. The monoisotopic (exact) mass is 374 g/mol. The van der Waals surface area contributed by atoms with E-state index in [1.807, 2.05) is 36.9 Å². The van der Waals surface area contributed by atoms with Crippen LogP contribution in [-0.4, -0.2) is 54.2 Å². The first-order chi connectivity index (χ1) is 12.9. The molecule has 0 atom stereocenters. The van der Waals surface area contributed by atoms with Crippen LogP contribution in [0.15, 0.2) is 18.2 Å². The first kappa shape index (κ1) is 19.7. The number of hydrogen-bond acceptors (Lipinski definition) is 4. The van der Waals surface area contributed by atoms with E-state index in [0.717, 1.165) is 49.0 Å². The van der Waals surface area contributed by atoms with Crippen molar-refractivity contribution >= 4 is 11.9 Å². The molecule has 6 nitrogen and oxygen atoms in total. The molecule has 1 aromatic carbocycles. The Hall–Kier alpha value is -2.08. The van der Waals surface area contributed by atoms with Gasteiger partial charge in [0.15, 0.2) is 0 Å². The number of nitrogens with one attached hydrogen (secondary N) is 1. The van der Waals surface area contributed by atoms with E-state index in [-0.39, 0.29) is 24.5 Å². The van der Waals surface area contributed by atoms with Crippen molar-refractivity contribution < 1.29 is 19.4 Å². The smallest absolute Gasteiger partial charge is 0.317 e. The minimum Gasteiger partial charge on any atom is -0.496 e. The number of ether oxygens (including phenoxy) is 1. The summed E-state index contributed by atoms with van der Waals surface area (Å²) in [6.07, 6.45) is 4.42. The van der Waals surface area contributed by atoms with Gasteiger partial charge in [0.25, 0.3) is 0 Å². The van der Waals surface area contributed by atoms with Gasteiger partial charge in [0.2, 0.25) is 5.91 Å². The highest BCUT2D eigenvalue weighted by molar-refractivity contribution is 5.89. The number of carboxylic acids is 1. The van der Waals surface area contributed by atoms with Crippen molar-refractivity contribution in [1.29, 1.82) is 0 Å². The van der Waals surface area contributed by atoms with Crippen LogP contribution >= 0.6 is 0 Å². The zero-order chi connectivity index (χ0) is 19.6. The predicted octanol–water partition coefficient (Wildman–Crippen LogP) is 2.48. The van der Waals surface area contributed by atoms with Crippen LogP contribution < -0.4 is 10.1 Å². The number of amides is 1. The average Bonchev–Trinajstić information content (AvgIpc) is 2.56. The Kier molecular flexibility index (Phi) is 5.75. The van der Waals surface area contributed by atoms with Gasteiger partial charge in [0.1, 0.15) is 5.75 Å². The molecule has 148 valence electrons. The lowest BCUT2D eigenvalue weighted by atomic mass is 9.63. The number of carboxylic acid groups (broad SMARTS) is 1. The largest absolute Gasteiger partial charge is 0.496 e. The summed E-state index contributed by atoms with van der Waals surface area (Å²) in [5, 5.41) is 12.2. The molecule has 27 heavy (non-hydrogen) atoms. The van der Waals surface area contributed by atoms with Gasteiger partial charge in [-0.25, -0.2) is 0 Å². The van der Waals surface area contributed by atoms with Crippen molar-refractivity contribution in [2.75, 3.05) is 20.2 Å². The van der Waals surface area contributed by atoms with Gasteiger partial charge in [0, 0.05) is 12.1 Å². The molecule has 0 saturated heterocycles. The minimum absolute atomic E-state index is 0.0644. The van der Waals surface area contributed by atoms with Crippen molar-refractivity contribution in [3.63, 3.8) is 0 Å². The second-order valence-corrected chi connectivity index (χ2v) is 7.87. The Morgan fingerprint density at radius 1 is 1.33 bits per heavy atom. The van der Waals surface area contributed by atoms with Crippen molar-refractivity contribution in [3.05, 3.63) is 29.3 Å². The van der Waals surface area contributed by atoms with E-state index in [9.17, 15) is 9.59 Å². The van der Waals surface area contributed by atoms with Gasteiger partial charge in [0.05, 0.1) is 19.1 Å². The minimum atomic E-state index is -0.800. The lowest BCUT2D eigenvalue weighted by molar-refractivity contribution is -0.140. The topological polar surface area (TPSA) is 78.9 Å². The molecule has 2 aliphatic rings. The van der Waals surface area contributed by atoms with E-state index in [1.54, 1.807) is 7.11 Å². The van der Waals surface area contributed by atoms with Gasteiger partial charge in [-0.2, -0.15) is 0 Å². The van der Waals surface area contributed by atoms with Crippen LogP contribution in [0.25, 0.3) is 0 Å². The molecule has 6 heteroatoms. The van der Waals surface area contributed by atoms with E-state index < -0.39 is 11.4 Å². The molecule has 3 rings (SSSR count). The van der Waals surface area contributed by atoms with Gasteiger partial charge in [-0.3, -0.25) is 14.5 Å². The summed E-state index contributed by atoms with van der Waals surface area (Å²) in [5.41, 5.74) is 1.65. The molecule has 1 aromatic rings. The summed E-state index contributed by atoms with van der Waals surface area (Å²) in [6.45, 7) is 4.75. The summed E-state index contributed by atoms with van der Waals surface area (Å²) in [4.78, 5) is 26.0. The zero-order valence-corrected chi connectivity index (χ0v) is 16.5. The molecule has 2 aliphatic carbocycles. The van der Waals surface area contributed by atoms with Crippen molar-refractivity contribution in [3.8, 4) is 5.75 Å². The normalized spacial score (nSPS) is 23.3. The number of aryl methyl sites for hydroxylation is 1. The summed E-state index contributed by atoms with van der Waals surface area (Å²) < 4.78 is 5.44. The maximum absolute atomic E-state index is 13.1. The molecule has 0 aromatic heterocycles. The summed E-state index contributed by atoms with van der Waals surface area (Å²) in [6, 6.07) is 6.45. The molecule has 2 saturated carbocycles. The van der Waals surface area contributed by atoms with E-state index in [1.165, 1.54) is 0 Å². The molecule has 0 bridgehead atoms. The summed E-state index contributed by atoms with van der Waals surface area (Å²) in [7, 11) is 1.66. The van der Waals surface area contributed by atoms with Crippen LogP contribution in [0.2, 0.25) is 0 Å². The zero-order valence-electron chi connectivity index (χ0n) is 16.5. The van der Waals surface area contributed by atoms with Crippen molar-refractivity contribution in [1.82, 2.24) is 10.2 Å². The fraction of sp³-hybridized carbons (Fsp3) is 0.619. The molecular weight excluding hydrogens is 344 g/mol. The highest BCUT2D eigenvalue weighted by atomic mass is 16.5. The Morgan fingerprint density at radius 3 is 2.56 bits per heavy atom. The Bertz CT molecular complexity index is 708. The molecule has 0 spiro atoms. The number of nitrogens with zero attached hydrogens (tertiary/aromatic N) is 1. The number of methoxy groups -OCH3 is 1. The summed E-state index contributed by atoms with van der Waals surface area (Å²) in [5.74, 6) is 0.123. The lowest BCUT2D eigenvalue weighted by Gasteiger charge is -2.46. The third kappa shape index (κ3) is 3.81. The third-order valence-corrected chi connectivity index (χ3v) is 6.31. The molecule has 0 heterocycles. The fourth-order valence-electron chi connectivity index (χ4n) is 4.30. The number of carbonyl (C=O) groups excluding carboxylic acids is 1. The molecular formula is C21H30N2O4. The molecule has 0 unspecified atom stereocenters. The van der Waals surface area contributed by atoms with Crippen LogP contribution in [-0.2, 0) is 15.0 Å². The first-order valence-corrected chi connectivity index (χ1v) is 9.81. The Balaban J connectivity index is 1.63. The van der Waals surface area contributed by atoms with Gasteiger partial charge in [-0.05, 0) is 56.3 Å².